The van der Waals surface area contributed by atoms with Gasteiger partial charge in [0.05, 0.1) is 6.57 Å². The Labute approximate surface area is 239 Å². The maximum absolute atomic E-state index is 7.45. The van der Waals surface area contributed by atoms with Crippen molar-refractivity contribution in [2.75, 3.05) is 0 Å². The molecule has 7 rings (SSSR count). The van der Waals surface area contributed by atoms with Crippen LogP contribution < -0.4 is 0 Å². The third-order valence-electron chi connectivity index (χ3n) is 7.96. The highest BCUT2D eigenvalue weighted by Crippen LogP contribution is 2.50. The fourth-order valence-corrected chi connectivity index (χ4v) is 5.74. The standard InChI is InChI=1S/C37H26N4/c1-37(2)32-21-18-28(22-31(32)30-20-19-29(38-3)23-33(30)37)24-14-16-27(17-15-24)36-40-34(25-10-6-4-7-11-25)39-35(41-36)26-12-8-5-9-13-26/h4-23H,1-2H3. The molecule has 0 amide bonds. The van der Waals surface area contributed by atoms with E-state index in [2.05, 4.69) is 67.2 Å². The minimum atomic E-state index is -0.140. The number of hydrogen-bond donors (Lipinski definition) is 0. The lowest BCUT2D eigenvalue weighted by molar-refractivity contribution is 0.661. The zero-order chi connectivity index (χ0) is 28.0. The number of hydrogen-bond acceptors (Lipinski definition) is 3. The first-order chi connectivity index (χ1) is 20.0. The van der Waals surface area contributed by atoms with Gasteiger partial charge in [-0.15, -0.1) is 0 Å². The minimum absolute atomic E-state index is 0.140. The fraction of sp³-hybridized carbons (Fsp3) is 0.0811. The zero-order valence-electron chi connectivity index (χ0n) is 22.8. The molecule has 0 unspecified atom stereocenters. The number of nitrogens with zero attached hydrogens (tertiary/aromatic N) is 4. The quantitative estimate of drug-likeness (QED) is 0.215. The maximum atomic E-state index is 7.45. The van der Waals surface area contributed by atoms with Crippen LogP contribution in [0.25, 0.3) is 61.3 Å². The Kier molecular flexibility index (Phi) is 5.80. The fourth-order valence-electron chi connectivity index (χ4n) is 5.74. The molecule has 6 aromatic rings. The van der Waals surface area contributed by atoms with Crippen LogP contribution in [0.2, 0.25) is 0 Å². The minimum Gasteiger partial charge on any atom is -0.238 e. The molecule has 1 aliphatic carbocycles. The van der Waals surface area contributed by atoms with Crippen molar-refractivity contribution < 1.29 is 0 Å². The summed E-state index contributed by atoms with van der Waals surface area (Å²) in [7, 11) is 0. The van der Waals surface area contributed by atoms with Crippen molar-refractivity contribution in [2.24, 2.45) is 0 Å². The maximum Gasteiger partial charge on any atom is 0.187 e. The van der Waals surface area contributed by atoms with Crippen LogP contribution in [0.15, 0.2) is 121 Å². The third kappa shape index (κ3) is 4.29. The predicted molar refractivity (Wildman–Crippen MR) is 165 cm³/mol. The van der Waals surface area contributed by atoms with E-state index in [0.717, 1.165) is 27.8 Å². The Balaban J connectivity index is 1.28. The SMILES string of the molecule is [C-]#[N+]c1ccc2c(c1)C(C)(C)c1ccc(-c3ccc(-c4nc(-c5ccccc5)nc(-c5ccccc5)n4)cc3)cc1-2. The van der Waals surface area contributed by atoms with Crippen molar-refractivity contribution in [1.29, 1.82) is 0 Å². The van der Waals surface area contributed by atoms with Crippen LogP contribution >= 0.6 is 0 Å². The Hall–Kier alpha value is -5.40. The summed E-state index contributed by atoms with van der Waals surface area (Å²) in [4.78, 5) is 18.2. The summed E-state index contributed by atoms with van der Waals surface area (Å²) in [6.45, 7) is 11.9. The molecule has 5 aromatic carbocycles. The van der Waals surface area contributed by atoms with Gasteiger partial charge in [0.1, 0.15) is 0 Å². The van der Waals surface area contributed by atoms with Gasteiger partial charge in [0.25, 0.3) is 0 Å². The first-order valence-electron chi connectivity index (χ1n) is 13.7. The van der Waals surface area contributed by atoms with Gasteiger partial charge >= 0.3 is 0 Å². The molecule has 0 N–H and O–H groups in total. The van der Waals surface area contributed by atoms with Crippen LogP contribution in [0.1, 0.15) is 25.0 Å². The Bertz CT molecular complexity index is 1890. The van der Waals surface area contributed by atoms with Gasteiger partial charge < -0.3 is 0 Å². The average Bonchev–Trinajstić information content (AvgIpc) is 3.27. The van der Waals surface area contributed by atoms with Gasteiger partial charge in [-0.3, -0.25) is 0 Å². The van der Waals surface area contributed by atoms with E-state index in [1.165, 1.54) is 22.3 Å². The summed E-state index contributed by atoms with van der Waals surface area (Å²) in [5.41, 5.74) is 10.6. The molecule has 0 aliphatic heterocycles. The van der Waals surface area contributed by atoms with Crippen molar-refractivity contribution in [2.45, 2.75) is 19.3 Å². The van der Waals surface area contributed by atoms with Gasteiger partial charge in [-0.1, -0.05) is 129 Å². The van der Waals surface area contributed by atoms with Crippen molar-refractivity contribution in [3.05, 3.63) is 144 Å². The zero-order valence-corrected chi connectivity index (χ0v) is 22.8. The van der Waals surface area contributed by atoms with E-state index in [9.17, 15) is 0 Å². The lowest BCUT2D eigenvalue weighted by Crippen LogP contribution is -2.14. The second kappa shape index (κ2) is 9.66. The number of aromatic nitrogens is 3. The van der Waals surface area contributed by atoms with Crippen molar-refractivity contribution >= 4 is 5.69 Å². The van der Waals surface area contributed by atoms with Crippen LogP contribution in [-0.4, -0.2) is 15.0 Å². The van der Waals surface area contributed by atoms with Gasteiger partial charge in [0.2, 0.25) is 0 Å². The van der Waals surface area contributed by atoms with Crippen LogP contribution in [0.3, 0.4) is 0 Å². The normalized spacial score (nSPS) is 12.8. The van der Waals surface area contributed by atoms with E-state index < -0.39 is 0 Å². The molecule has 1 heterocycles. The van der Waals surface area contributed by atoms with Crippen molar-refractivity contribution in [3.8, 4) is 56.4 Å². The second-order valence-corrected chi connectivity index (χ2v) is 10.8. The van der Waals surface area contributed by atoms with Gasteiger partial charge in [-0.05, 0) is 39.4 Å². The summed E-state index contributed by atoms with van der Waals surface area (Å²) in [6, 6.07) is 41.2. The number of fused-ring (bicyclic) bond motifs is 3. The van der Waals surface area contributed by atoms with E-state index >= 15 is 0 Å². The lowest BCUT2D eigenvalue weighted by atomic mass is 9.82. The molecule has 0 spiro atoms. The van der Waals surface area contributed by atoms with Crippen LogP contribution in [0, 0.1) is 6.57 Å². The van der Waals surface area contributed by atoms with E-state index in [-0.39, 0.29) is 5.41 Å². The average molecular weight is 527 g/mol. The summed E-state index contributed by atoms with van der Waals surface area (Å²) in [5.74, 6) is 1.95. The highest BCUT2D eigenvalue weighted by Gasteiger charge is 2.35. The van der Waals surface area contributed by atoms with Crippen molar-refractivity contribution in [3.63, 3.8) is 0 Å². The molecule has 194 valence electrons. The number of rotatable bonds is 4. The second-order valence-electron chi connectivity index (χ2n) is 10.8. The highest BCUT2D eigenvalue weighted by atomic mass is 15.0. The topological polar surface area (TPSA) is 43.0 Å². The van der Waals surface area contributed by atoms with Crippen molar-refractivity contribution in [1.82, 2.24) is 15.0 Å². The highest BCUT2D eigenvalue weighted by molar-refractivity contribution is 5.86. The molecule has 0 bridgehead atoms. The Morgan fingerprint density at radius 3 is 1.56 bits per heavy atom. The van der Waals surface area contributed by atoms with Crippen LogP contribution in [-0.2, 0) is 5.41 Å². The molecule has 4 nitrogen and oxygen atoms in total. The van der Waals surface area contributed by atoms with E-state index in [4.69, 9.17) is 21.5 Å². The molecule has 4 heteroatoms. The molecule has 1 aromatic heterocycles. The lowest BCUT2D eigenvalue weighted by Gasteiger charge is -2.21. The summed E-state index contributed by atoms with van der Waals surface area (Å²) in [6.07, 6.45) is 0. The Morgan fingerprint density at radius 2 is 1.00 bits per heavy atom. The molecule has 0 saturated heterocycles. The predicted octanol–water partition coefficient (Wildman–Crippen LogP) is 9.40. The summed E-state index contributed by atoms with van der Waals surface area (Å²) in [5, 5.41) is 0. The first kappa shape index (κ1) is 24.6. The number of benzene rings is 5. The molecule has 0 atom stereocenters. The van der Waals surface area contributed by atoms with E-state index in [1.54, 1.807) is 0 Å². The summed E-state index contributed by atoms with van der Waals surface area (Å²) >= 11 is 0. The van der Waals surface area contributed by atoms with Crippen LogP contribution in [0.4, 0.5) is 5.69 Å². The molecular formula is C37H26N4. The largest absolute Gasteiger partial charge is 0.238 e. The third-order valence-corrected chi connectivity index (χ3v) is 7.96. The molecule has 41 heavy (non-hydrogen) atoms. The molecule has 0 fully saturated rings. The van der Waals surface area contributed by atoms with Gasteiger partial charge in [-0.25, -0.2) is 19.8 Å². The van der Waals surface area contributed by atoms with Gasteiger partial charge in [0.15, 0.2) is 23.2 Å². The van der Waals surface area contributed by atoms with Gasteiger partial charge in [0, 0.05) is 22.1 Å². The summed E-state index contributed by atoms with van der Waals surface area (Å²) < 4.78 is 0. The van der Waals surface area contributed by atoms with E-state index in [0.29, 0.717) is 23.2 Å². The van der Waals surface area contributed by atoms with E-state index in [1.807, 2.05) is 72.8 Å². The molecule has 0 radical (unpaired) electrons. The van der Waals surface area contributed by atoms with Gasteiger partial charge in [-0.2, -0.15) is 0 Å². The molecule has 0 saturated carbocycles. The molecular weight excluding hydrogens is 500 g/mol. The smallest absolute Gasteiger partial charge is 0.187 e. The Morgan fingerprint density at radius 1 is 0.488 bits per heavy atom. The molecule has 1 aliphatic rings. The monoisotopic (exact) mass is 526 g/mol. The first-order valence-corrected chi connectivity index (χ1v) is 13.7. The van der Waals surface area contributed by atoms with Crippen LogP contribution in [0.5, 0.6) is 0 Å².